The van der Waals surface area contributed by atoms with Gasteiger partial charge in [-0.3, -0.25) is 4.79 Å². The van der Waals surface area contributed by atoms with Crippen molar-refractivity contribution < 1.29 is 9.53 Å². The summed E-state index contributed by atoms with van der Waals surface area (Å²) in [7, 11) is 0. The number of amides is 1. The number of carbonyl (C=O) groups is 1. The summed E-state index contributed by atoms with van der Waals surface area (Å²) in [6.07, 6.45) is 3.67. The van der Waals surface area contributed by atoms with Crippen LogP contribution in [0.25, 0.3) is 0 Å². The van der Waals surface area contributed by atoms with Crippen molar-refractivity contribution in [3.63, 3.8) is 0 Å². The first kappa shape index (κ1) is 14.7. The smallest absolute Gasteiger partial charge is 0.239 e. The fourth-order valence-electron chi connectivity index (χ4n) is 2.64. The Bertz CT molecular complexity index is 247. The molecule has 17 heavy (non-hydrogen) atoms. The van der Waals surface area contributed by atoms with Crippen molar-refractivity contribution in [3.05, 3.63) is 0 Å². The second kappa shape index (κ2) is 6.57. The lowest BCUT2D eigenvalue weighted by atomic mass is 10.0. The standard InChI is InChI=1S/C12H22N2O2.ClH/c1-9-7-14(8-10(2)16-9)12(15)11-5-3-4-6-13-11;/h9-11,13H,3-8H2,1-2H3;1H/t9-,10+,11?;. The van der Waals surface area contributed by atoms with Gasteiger partial charge in [0.1, 0.15) is 0 Å². The van der Waals surface area contributed by atoms with Gasteiger partial charge < -0.3 is 15.0 Å². The van der Waals surface area contributed by atoms with E-state index in [-0.39, 0.29) is 36.6 Å². The monoisotopic (exact) mass is 262 g/mol. The predicted molar refractivity (Wildman–Crippen MR) is 69.5 cm³/mol. The van der Waals surface area contributed by atoms with E-state index in [9.17, 15) is 4.79 Å². The Morgan fingerprint density at radius 3 is 2.41 bits per heavy atom. The maximum Gasteiger partial charge on any atom is 0.239 e. The average Bonchev–Trinajstić information content (AvgIpc) is 2.28. The van der Waals surface area contributed by atoms with Crippen LogP contribution in [0.15, 0.2) is 0 Å². The van der Waals surface area contributed by atoms with Crippen molar-refractivity contribution in [1.82, 2.24) is 10.2 Å². The normalized spacial score (nSPS) is 34.0. The van der Waals surface area contributed by atoms with E-state index in [1.54, 1.807) is 0 Å². The van der Waals surface area contributed by atoms with E-state index < -0.39 is 0 Å². The summed E-state index contributed by atoms with van der Waals surface area (Å²) in [6.45, 7) is 6.52. The summed E-state index contributed by atoms with van der Waals surface area (Å²) >= 11 is 0. The van der Waals surface area contributed by atoms with Gasteiger partial charge in [-0.05, 0) is 33.2 Å². The van der Waals surface area contributed by atoms with Gasteiger partial charge in [0.25, 0.3) is 0 Å². The van der Waals surface area contributed by atoms with E-state index in [4.69, 9.17) is 4.74 Å². The van der Waals surface area contributed by atoms with E-state index in [1.807, 2.05) is 18.7 Å². The molecule has 0 aromatic carbocycles. The highest BCUT2D eigenvalue weighted by Crippen LogP contribution is 2.15. The minimum absolute atomic E-state index is 0. The molecule has 2 heterocycles. The molecule has 1 unspecified atom stereocenters. The van der Waals surface area contributed by atoms with E-state index in [2.05, 4.69) is 5.32 Å². The summed E-state index contributed by atoms with van der Waals surface area (Å²) in [5.41, 5.74) is 0. The molecule has 2 aliphatic rings. The fraction of sp³-hybridized carbons (Fsp3) is 0.917. The van der Waals surface area contributed by atoms with Crippen LogP contribution in [0.4, 0.5) is 0 Å². The molecule has 0 spiro atoms. The Hall–Kier alpha value is -0.320. The molecule has 100 valence electrons. The molecule has 2 aliphatic heterocycles. The number of hydrogen-bond donors (Lipinski definition) is 1. The molecule has 5 heteroatoms. The van der Waals surface area contributed by atoms with Crippen LogP contribution in [0.5, 0.6) is 0 Å². The third kappa shape index (κ3) is 3.83. The van der Waals surface area contributed by atoms with Crippen LogP contribution >= 0.6 is 12.4 Å². The van der Waals surface area contributed by atoms with Crippen LogP contribution in [0, 0.1) is 0 Å². The number of hydrogen-bond acceptors (Lipinski definition) is 3. The molecule has 2 saturated heterocycles. The molecule has 0 radical (unpaired) electrons. The Balaban J connectivity index is 0.00000144. The van der Waals surface area contributed by atoms with E-state index >= 15 is 0 Å². The van der Waals surface area contributed by atoms with Gasteiger partial charge >= 0.3 is 0 Å². The van der Waals surface area contributed by atoms with Crippen molar-refractivity contribution >= 4 is 18.3 Å². The maximum absolute atomic E-state index is 12.3. The molecule has 0 aromatic rings. The highest BCUT2D eigenvalue weighted by molar-refractivity contribution is 5.85. The Morgan fingerprint density at radius 1 is 1.24 bits per heavy atom. The lowest BCUT2D eigenvalue weighted by Gasteiger charge is -2.38. The Labute approximate surface area is 109 Å². The number of morpholine rings is 1. The number of carbonyl (C=O) groups excluding carboxylic acids is 1. The molecule has 3 atom stereocenters. The van der Waals surface area contributed by atoms with Gasteiger partial charge in [-0.2, -0.15) is 0 Å². The molecule has 0 aliphatic carbocycles. The molecule has 0 saturated carbocycles. The van der Waals surface area contributed by atoms with Crippen LogP contribution in [0.1, 0.15) is 33.1 Å². The van der Waals surface area contributed by atoms with Crippen molar-refractivity contribution in [2.75, 3.05) is 19.6 Å². The molecule has 2 rings (SSSR count). The Kier molecular flexibility index (Phi) is 5.70. The van der Waals surface area contributed by atoms with Crippen LogP contribution < -0.4 is 5.32 Å². The molecule has 4 nitrogen and oxygen atoms in total. The van der Waals surface area contributed by atoms with E-state index in [0.29, 0.717) is 0 Å². The highest BCUT2D eigenvalue weighted by Gasteiger charge is 2.30. The third-order valence-corrected chi connectivity index (χ3v) is 3.34. The van der Waals surface area contributed by atoms with Crippen molar-refractivity contribution in [1.29, 1.82) is 0 Å². The van der Waals surface area contributed by atoms with Crippen LogP contribution in [0.2, 0.25) is 0 Å². The first-order valence-electron chi connectivity index (χ1n) is 6.34. The largest absolute Gasteiger partial charge is 0.372 e. The quantitative estimate of drug-likeness (QED) is 0.772. The fourth-order valence-corrected chi connectivity index (χ4v) is 2.64. The van der Waals surface area contributed by atoms with Gasteiger partial charge in [-0.15, -0.1) is 12.4 Å². The summed E-state index contributed by atoms with van der Waals surface area (Å²) in [4.78, 5) is 14.2. The van der Waals surface area contributed by atoms with Crippen LogP contribution in [0.3, 0.4) is 0 Å². The molecule has 2 fully saturated rings. The molecular formula is C12H23ClN2O2. The van der Waals surface area contributed by atoms with Crippen molar-refractivity contribution in [2.24, 2.45) is 0 Å². The number of rotatable bonds is 1. The highest BCUT2D eigenvalue weighted by atomic mass is 35.5. The topological polar surface area (TPSA) is 41.6 Å². The summed E-state index contributed by atoms with van der Waals surface area (Å²) < 4.78 is 5.64. The third-order valence-electron chi connectivity index (χ3n) is 3.34. The van der Waals surface area contributed by atoms with Crippen LogP contribution in [-0.2, 0) is 9.53 Å². The van der Waals surface area contributed by atoms with Crippen molar-refractivity contribution in [2.45, 2.75) is 51.4 Å². The lowest BCUT2D eigenvalue weighted by molar-refractivity contribution is -0.145. The van der Waals surface area contributed by atoms with E-state index in [1.165, 1.54) is 12.8 Å². The first-order valence-corrected chi connectivity index (χ1v) is 6.34. The Morgan fingerprint density at radius 2 is 1.88 bits per heavy atom. The zero-order valence-corrected chi connectivity index (χ0v) is 11.5. The second-order valence-electron chi connectivity index (χ2n) is 5.00. The van der Waals surface area contributed by atoms with Gasteiger partial charge in [0.2, 0.25) is 5.91 Å². The number of piperidine rings is 1. The van der Waals surface area contributed by atoms with Gasteiger partial charge in [-0.25, -0.2) is 0 Å². The van der Waals surface area contributed by atoms with Gasteiger partial charge in [0.15, 0.2) is 0 Å². The number of nitrogens with one attached hydrogen (secondary N) is 1. The molecular weight excluding hydrogens is 240 g/mol. The summed E-state index contributed by atoms with van der Waals surface area (Å²) in [6, 6.07) is 0.0475. The predicted octanol–water partition coefficient (Wildman–Crippen LogP) is 1.19. The average molecular weight is 263 g/mol. The minimum Gasteiger partial charge on any atom is -0.372 e. The van der Waals surface area contributed by atoms with Crippen LogP contribution in [-0.4, -0.2) is 48.7 Å². The van der Waals surface area contributed by atoms with E-state index in [0.717, 1.165) is 26.1 Å². The second-order valence-corrected chi connectivity index (χ2v) is 5.00. The SMILES string of the molecule is C[C@@H]1CN(C(=O)C2CCCCN2)C[C@H](C)O1.Cl. The summed E-state index contributed by atoms with van der Waals surface area (Å²) in [5, 5.41) is 3.31. The molecule has 0 aromatic heterocycles. The zero-order chi connectivity index (χ0) is 11.5. The zero-order valence-electron chi connectivity index (χ0n) is 10.6. The van der Waals surface area contributed by atoms with Gasteiger partial charge in [-0.1, -0.05) is 6.42 Å². The van der Waals surface area contributed by atoms with Gasteiger partial charge in [0.05, 0.1) is 18.2 Å². The molecule has 1 N–H and O–H groups in total. The lowest BCUT2D eigenvalue weighted by Crippen LogP contribution is -2.55. The number of ether oxygens (including phenoxy) is 1. The summed E-state index contributed by atoms with van der Waals surface area (Å²) in [5.74, 6) is 0.265. The molecule has 1 amide bonds. The van der Waals surface area contributed by atoms with Crippen molar-refractivity contribution in [3.8, 4) is 0 Å². The molecule has 0 bridgehead atoms. The first-order chi connectivity index (χ1) is 7.66. The minimum atomic E-state index is 0. The maximum atomic E-state index is 12.3. The number of halogens is 1. The van der Waals surface area contributed by atoms with Gasteiger partial charge in [0, 0.05) is 13.1 Å². The number of nitrogens with zero attached hydrogens (tertiary/aromatic N) is 1.